The second-order valence-electron chi connectivity index (χ2n) is 5.72. The van der Waals surface area contributed by atoms with Gasteiger partial charge in [-0.1, -0.05) is 46.7 Å². The average Bonchev–Trinajstić information content (AvgIpc) is 3.00. The zero-order chi connectivity index (χ0) is 21.0. The molecule has 0 saturated carbocycles. The van der Waals surface area contributed by atoms with E-state index >= 15 is 0 Å². The lowest BCUT2D eigenvalue weighted by Crippen LogP contribution is -2.09. The van der Waals surface area contributed by atoms with Crippen molar-refractivity contribution >= 4 is 35.5 Å². The second kappa shape index (κ2) is 8.71. The molecular formula is C19H13ClF3N3O2S. The topological polar surface area (TPSA) is 56.5 Å². The molecule has 0 unspecified atom stereocenters. The largest absolute Gasteiger partial charge is 0.435 e. The third kappa shape index (κ3) is 5.18. The summed E-state index contributed by atoms with van der Waals surface area (Å²) in [5.74, 6) is -0.786. The molecule has 0 radical (unpaired) electrons. The Kier molecular flexibility index (Phi) is 6.29. The summed E-state index contributed by atoms with van der Waals surface area (Å²) in [6, 6.07) is 14.6. The molecule has 0 bridgehead atoms. The van der Waals surface area contributed by atoms with Crippen LogP contribution in [0.5, 0.6) is 0 Å². The standard InChI is InChI=1S/C19H13ClF3N3O2S/c1-26-17(29-14-9-7-13(20)8-10-14)15(16(25-26)19(21,22)23)11-24-28-18(27)12-5-3-2-4-6-12/h2-11H,1H3/b24-11-. The molecule has 0 atom stereocenters. The summed E-state index contributed by atoms with van der Waals surface area (Å²) in [4.78, 5) is 17.3. The number of alkyl halides is 3. The molecule has 0 saturated heterocycles. The van der Waals surface area contributed by atoms with Crippen molar-refractivity contribution in [3.05, 3.63) is 76.4 Å². The van der Waals surface area contributed by atoms with Crippen LogP contribution in [0.3, 0.4) is 0 Å². The van der Waals surface area contributed by atoms with Gasteiger partial charge in [0.05, 0.1) is 17.3 Å². The summed E-state index contributed by atoms with van der Waals surface area (Å²) in [6.07, 6.45) is -3.86. The molecule has 0 aliphatic carbocycles. The average molecular weight is 440 g/mol. The fraction of sp³-hybridized carbons (Fsp3) is 0.105. The quantitative estimate of drug-likeness (QED) is 0.302. The van der Waals surface area contributed by atoms with E-state index in [-0.39, 0.29) is 16.2 Å². The summed E-state index contributed by atoms with van der Waals surface area (Å²) in [7, 11) is 1.39. The molecule has 5 nitrogen and oxygen atoms in total. The van der Waals surface area contributed by atoms with Crippen molar-refractivity contribution in [2.24, 2.45) is 12.2 Å². The number of aromatic nitrogens is 2. The molecule has 0 N–H and O–H groups in total. The van der Waals surface area contributed by atoms with Gasteiger partial charge in [0.1, 0.15) is 5.03 Å². The second-order valence-corrected chi connectivity index (χ2v) is 7.22. The van der Waals surface area contributed by atoms with Crippen LogP contribution in [0.2, 0.25) is 5.02 Å². The van der Waals surface area contributed by atoms with Crippen LogP contribution in [0.1, 0.15) is 21.6 Å². The smallest absolute Gasteiger partial charge is 0.313 e. The van der Waals surface area contributed by atoms with Gasteiger partial charge in [-0.2, -0.15) is 18.3 Å². The summed E-state index contributed by atoms with van der Waals surface area (Å²) in [6.45, 7) is 0. The Hall–Kier alpha value is -2.78. The Balaban J connectivity index is 1.90. The highest BCUT2D eigenvalue weighted by Gasteiger charge is 2.38. The Labute approximate surface area is 173 Å². The van der Waals surface area contributed by atoms with Crippen LogP contribution in [-0.2, 0) is 18.1 Å². The number of aryl methyl sites for hydroxylation is 1. The summed E-state index contributed by atoms with van der Waals surface area (Å²) >= 11 is 6.90. The van der Waals surface area contributed by atoms with Crippen LogP contribution in [0, 0.1) is 0 Å². The first-order valence-electron chi connectivity index (χ1n) is 8.13. The first-order chi connectivity index (χ1) is 13.8. The molecule has 0 aliphatic rings. The van der Waals surface area contributed by atoms with Gasteiger partial charge in [0.25, 0.3) is 0 Å². The molecule has 2 aromatic carbocycles. The Morgan fingerprint density at radius 2 is 1.83 bits per heavy atom. The molecule has 1 aromatic heterocycles. The number of nitrogens with zero attached hydrogens (tertiary/aromatic N) is 3. The molecule has 3 aromatic rings. The van der Waals surface area contributed by atoms with E-state index in [0.29, 0.717) is 9.92 Å². The van der Waals surface area contributed by atoms with Crippen molar-refractivity contribution < 1.29 is 22.8 Å². The lowest BCUT2D eigenvalue weighted by Gasteiger charge is -2.05. The van der Waals surface area contributed by atoms with E-state index in [9.17, 15) is 18.0 Å². The highest BCUT2D eigenvalue weighted by atomic mass is 35.5. The number of benzene rings is 2. The zero-order valence-corrected chi connectivity index (χ0v) is 16.4. The van der Waals surface area contributed by atoms with E-state index < -0.39 is 17.8 Å². The molecule has 150 valence electrons. The zero-order valence-electron chi connectivity index (χ0n) is 14.9. The molecule has 10 heteroatoms. The predicted octanol–water partition coefficient (Wildman–Crippen LogP) is 5.43. The van der Waals surface area contributed by atoms with Crippen molar-refractivity contribution in [1.82, 2.24) is 9.78 Å². The number of hydrogen-bond acceptors (Lipinski definition) is 5. The van der Waals surface area contributed by atoms with E-state index in [1.807, 2.05) is 0 Å². The molecule has 29 heavy (non-hydrogen) atoms. The van der Waals surface area contributed by atoms with E-state index in [2.05, 4.69) is 10.3 Å². The third-order valence-electron chi connectivity index (χ3n) is 3.65. The fourth-order valence-corrected chi connectivity index (χ4v) is 3.39. The Bertz CT molecular complexity index is 1040. The van der Waals surface area contributed by atoms with Gasteiger partial charge in [-0.05, 0) is 36.4 Å². The van der Waals surface area contributed by atoms with Crippen LogP contribution in [0.15, 0.2) is 69.7 Å². The van der Waals surface area contributed by atoms with Gasteiger partial charge in [0.2, 0.25) is 0 Å². The Morgan fingerprint density at radius 3 is 2.45 bits per heavy atom. The molecule has 3 rings (SSSR count). The molecule has 0 spiro atoms. The predicted molar refractivity (Wildman–Crippen MR) is 103 cm³/mol. The third-order valence-corrected chi connectivity index (χ3v) is 5.09. The first kappa shape index (κ1) is 20.9. The van der Waals surface area contributed by atoms with Gasteiger partial charge in [0, 0.05) is 17.0 Å². The van der Waals surface area contributed by atoms with Crippen molar-refractivity contribution in [3.8, 4) is 0 Å². The summed E-state index contributed by atoms with van der Waals surface area (Å²) in [5.41, 5.74) is -1.21. The number of oxime groups is 1. The van der Waals surface area contributed by atoms with E-state index in [1.165, 1.54) is 19.2 Å². The monoisotopic (exact) mass is 439 g/mol. The van der Waals surface area contributed by atoms with Crippen LogP contribution in [-0.4, -0.2) is 22.0 Å². The van der Waals surface area contributed by atoms with Gasteiger partial charge < -0.3 is 4.84 Å². The normalized spacial score (nSPS) is 11.8. The molecule has 0 aliphatic heterocycles. The minimum atomic E-state index is -4.71. The molecule has 1 heterocycles. The SMILES string of the molecule is Cn1nc(C(F)(F)F)c(/C=N\OC(=O)c2ccccc2)c1Sc1ccc(Cl)cc1. The highest BCUT2D eigenvalue weighted by molar-refractivity contribution is 7.99. The van der Waals surface area contributed by atoms with Gasteiger partial charge in [-0.15, -0.1) is 0 Å². The van der Waals surface area contributed by atoms with Gasteiger partial charge in [-0.3, -0.25) is 4.68 Å². The number of rotatable bonds is 5. The molecule has 0 fully saturated rings. The van der Waals surface area contributed by atoms with Crippen molar-refractivity contribution in [1.29, 1.82) is 0 Å². The fourth-order valence-electron chi connectivity index (χ4n) is 2.34. The van der Waals surface area contributed by atoms with Gasteiger partial charge >= 0.3 is 12.1 Å². The maximum Gasteiger partial charge on any atom is 0.435 e. The number of carbonyl (C=O) groups is 1. The minimum Gasteiger partial charge on any atom is -0.313 e. The van der Waals surface area contributed by atoms with Crippen LogP contribution in [0.25, 0.3) is 0 Å². The molecule has 0 amide bonds. The Morgan fingerprint density at radius 1 is 1.17 bits per heavy atom. The summed E-state index contributed by atoms with van der Waals surface area (Å²) in [5, 5.41) is 7.71. The molecular weight excluding hydrogens is 427 g/mol. The van der Waals surface area contributed by atoms with Gasteiger partial charge in [0.15, 0.2) is 5.69 Å². The highest BCUT2D eigenvalue weighted by Crippen LogP contribution is 2.37. The lowest BCUT2D eigenvalue weighted by atomic mass is 10.2. The van der Waals surface area contributed by atoms with Crippen LogP contribution < -0.4 is 0 Å². The number of carbonyl (C=O) groups excluding carboxylic acids is 1. The maximum atomic E-state index is 13.4. The van der Waals surface area contributed by atoms with Crippen LogP contribution >= 0.6 is 23.4 Å². The van der Waals surface area contributed by atoms with Crippen molar-refractivity contribution in [3.63, 3.8) is 0 Å². The van der Waals surface area contributed by atoms with Crippen molar-refractivity contribution in [2.45, 2.75) is 16.1 Å². The number of hydrogen-bond donors (Lipinski definition) is 0. The van der Waals surface area contributed by atoms with E-state index in [4.69, 9.17) is 16.4 Å². The number of halogens is 4. The van der Waals surface area contributed by atoms with E-state index in [0.717, 1.165) is 22.7 Å². The van der Waals surface area contributed by atoms with E-state index in [1.54, 1.807) is 42.5 Å². The van der Waals surface area contributed by atoms with Gasteiger partial charge in [-0.25, -0.2) is 4.79 Å². The maximum absolute atomic E-state index is 13.4. The van der Waals surface area contributed by atoms with Crippen molar-refractivity contribution in [2.75, 3.05) is 0 Å². The lowest BCUT2D eigenvalue weighted by molar-refractivity contribution is -0.141. The van der Waals surface area contributed by atoms with Crippen LogP contribution in [0.4, 0.5) is 13.2 Å². The minimum absolute atomic E-state index is 0.180. The summed E-state index contributed by atoms with van der Waals surface area (Å²) < 4.78 is 41.3. The first-order valence-corrected chi connectivity index (χ1v) is 9.32.